The average Bonchev–Trinajstić information content (AvgIpc) is 4.07. The Balaban J connectivity index is 0.000000268. The molecule has 0 spiro atoms. The molecule has 2 unspecified atom stereocenters. The molecule has 3 aliphatic rings. The van der Waals surface area contributed by atoms with Crippen LogP contribution >= 0.6 is 23.5 Å². The first-order valence-corrected chi connectivity index (χ1v) is 29.0. The van der Waals surface area contributed by atoms with Crippen LogP contribution in [0.2, 0.25) is 0 Å². The first-order chi connectivity index (χ1) is 37.4. The second-order valence-corrected chi connectivity index (χ2v) is 24.2. The van der Waals surface area contributed by atoms with Crippen LogP contribution in [0.3, 0.4) is 0 Å². The molecular weight excluding hydrogens is 1110 g/mol. The molecule has 11 atom stereocenters. The van der Waals surface area contributed by atoms with Crippen molar-refractivity contribution in [2.24, 2.45) is 15.3 Å². The highest BCUT2D eigenvalue weighted by atomic mass is 31.3. The van der Waals surface area contributed by atoms with Crippen LogP contribution in [0, 0.1) is 20.8 Å². The Morgan fingerprint density at radius 2 is 0.975 bits per heavy atom. The maximum absolute atomic E-state index is 12.4. The van der Waals surface area contributed by atoms with Gasteiger partial charge in [0.25, 0.3) is 16.7 Å². The maximum atomic E-state index is 12.4. The summed E-state index contributed by atoms with van der Waals surface area (Å²) in [5.74, 6) is 0. The van der Waals surface area contributed by atoms with Crippen molar-refractivity contribution < 1.29 is 46.7 Å². The molecule has 3 fully saturated rings. The van der Waals surface area contributed by atoms with Gasteiger partial charge >= 0.3 is 17.1 Å². The predicted octanol–water partition coefficient (Wildman–Crippen LogP) is 3.60. The van der Waals surface area contributed by atoms with Crippen LogP contribution in [-0.4, -0.2) is 138 Å². The van der Waals surface area contributed by atoms with E-state index < -0.39 is 120 Å². The van der Waals surface area contributed by atoms with Crippen molar-refractivity contribution >= 4 is 31.1 Å². The molecule has 6 heterocycles. The summed E-state index contributed by atoms with van der Waals surface area (Å²) in [5.41, 5.74) is 24.1. The van der Waals surface area contributed by atoms with E-state index in [1.165, 1.54) is 34.6 Å². The normalized spacial score (nSPS) is 24.2. The van der Waals surface area contributed by atoms with Gasteiger partial charge in [0.15, 0.2) is 15.9 Å². The topological polar surface area (TPSA) is 450 Å². The molecule has 3 saturated heterocycles. The molecule has 3 aromatic rings. The summed E-state index contributed by atoms with van der Waals surface area (Å²) in [4.78, 5) is 96.8. The molecule has 0 aliphatic carbocycles. The molecule has 3 aliphatic heterocycles. The summed E-state index contributed by atoms with van der Waals surface area (Å²) < 4.78 is 65.4. The lowest BCUT2D eigenvalue weighted by atomic mass is 10.1. The van der Waals surface area contributed by atoms with Gasteiger partial charge in [-0.1, -0.05) is 15.3 Å². The van der Waals surface area contributed by atoms with E-state index in [-0.39, 0.29) is 62.4 Å². The lowest BCUT2D eigenvalue weighted by molar-refractivity contribution is -0.189. The second kappa shape index (κ2) is 29.5. The fourth-order valence-corrected chi connectivity index (χ4v) is 12.5. The third-order valence-corrected chi connectivity index (χ3v) is 17.3. The summed E-state index contributed by atoms with van der Waals surface area (Å²) >= 11 is 0. The molecule has 0 amide bonds. The van der Waals surface area contributed by atoms with Gasteiger partial charge < -0.3 is 42.4 Å². The minimum absolute atomic E-state index is 0.110. The van der Waals surface area contributed by atoms with Gasteiger partial charge in [-0.2, -0.15) is 0 Å². The average molecular weight is 1190 g/mol. The van der Waals surface area contributed by atoms with Gasteiger partial charge in [-0.05, 0) is 92.8 Å². The molecule has 80 heavy (non-hydrogen) atoms. The van der Waals surface area contributed by atoms with Crippen molar-refractivity contribution in [3.63, 3.8) is 0 Å². The number of hydrogen-bond donors (Lipinski definition) is 4. The molecule has 37 heteroatoms. The van der Waals surface area contributed by atoms with E-state index in [0.29, 0.717) is 17.5 Å². The molecular formula is C43H71BN17O16P3-2. The summed E-state index contributed by atoms with van der Waals surface area (Å²) in [6, 6.07) is -0.737. The van der Waals surface area contributed by atoms with Crippen LogP contribution in [0.4, 0.5) is 0 Å². The Hall–Kier alpha value is -5.48. The monoisotopic (exact) mass is 1190 g/mol. The number of aliphatic hydroxyl groups excluding tert-OH is 1. The van der Waals surface area contributed by atoms with Gasteiger partial charge in [-0.25, -0.2) is 23.7 Å². The third kappa shape index (κ3) is 18.3. The Kier molecular flexibility index (Phi) is 24.7. The van der Waals surface area contributed by atoms with Crippen molar-refractivity contribution in [2.45, 2.75) is 175 Å². The highest BCUT2D eigenvalue weighted by Crippen LogP contribution is 2.56. The summed E-state index contributed by atoms with van der Waals surface area (Å²) in [7, 11) is -10.2. The highest BCUT2D eigenvalue weighted by molar-refractivity contribution is 7.83. The number of azide groups is 3. The number of aromatic amines is 3. The number of nitrogens with zero attached hydrogens (tertiary/aromatic N) is 14. The van der Waals surface area contributed by atoms with Gasteiger partial charge in [0.1, 0.15) is 26.3 Å². The minimum Gasteiger partial charge on any atom is -0.778 e. The minimum atomic E-state index is -4.23. The van der Waals surface area contributed by atoms with Crippen molar-refractivity contribution in [3.05, 3.63) is 129 Å². The maximum Gasteiger partial charge on any atom is 0.330 e. The molecule has 0 radical (unpaired) electrons. The fraction of sp³-hybridized carbons (Fsp3) is 0.721. The second-order valence-electron chi connectivity index (χ2n) is 19.6. The van der Waals surface area contributed by atoms with Crippen LogP contribution in [0.15, 0.2) is 62.7 Å². The van der Waals surface area contributed by atoms with Gasteiger partial charge in [0.2, 0.25) is 0 Å². The molecule has 4 N–H and O–H groups in total. The number of aromatic nitrogens is 6. The first-order valence-electron chi connectivity index (χ1n) is 24.8. The van der Waals surface area contributed by atoms with Crippen molar-refractivity contribution in [3.8, 4) is 0 Å². The SMILES string of the molecule is Cc1cn([C@H]2C[C@@H](N=[N+]=[N-])[C@@H](CO)O2)c(=O)[nH]c1=O.Cc1cn([C@H]2C[C@@H](N=[N+]=[N-])[C@@H](COP(N(C(C)C)C(C)C)N(C(C)C)C(C)C)O2)c(=O)[nH]c1=O.[BH3-]P(=O)(OC[C@H]1O[C@@H](n2cc(C)c(=O)[nH]c2=O)C[C@H]1N=[N+]=[N-])OP(C)(=O)[O-]. The van der Waals surface area contributed by atoms with Crippen LogP contribution in [-0.2, 0) is 36.7 Å². The van der Waals surface area contributed by atoms with Crippen LogP contribution in [0.1, 0.15) is 110 Å². The summed E-state index contributed by atoms with van der Waals surface area (Å²) in [6.45, 7) is 22.4. The molecule has 6 rings (SSSR count). The quantitative estimate of drug-likeness (QED) is 0.0389. The fourth-order valence-electron chi connectivity index (χ4n) is 8.74. The zero-order valence-electron chi connectivity index (χ0n) is 45.7. The van der Waals surface area contributed by atoms with Crippen molar-refractivity contribution in [2.75, 3.05) is 26.5 Å². The molecule has 33 nitrogen and oxygen atoms in total. The molecule has 0 aromatic carbocycles. The zero-order chi connectivity index (χ0) is 60.1. The third-order valence-electron chi connectivity index (χ3n) is 12.2. The smallest absolute Gasteiger partial charge is 0.330 e. The number of H-pyrrole nitrogens is 3. The van der Waals surface area contributed by atoms with E-state index in [2.05, 4.69) is 114 Å². The number of aliphatic hydroxyl groups is 1. The van der Waals surface area contributed by atoms with Crippen LogP contribution in [0.25, 0.3) is 31.3 Å². The van der Waals surface area contributed by atoms with E-state index in [1.807, 2.05) is 0 Å². The van der Waals surface area contributed by atoms with Crippen LogP contribution < -0.4 is 38.6 Å². The number of nitrogens with one attached hydrogen (secondary N) is 3. The Labute approximate surface area is 460 Å². The highest BCUT2D eigenvalue weighted by Gasteiger charge is 2.41. The van der Waals surface area contributed by atoms with E-state index >= 15 is 0 Å². The number of ether oxygens (including phenoxy) is 3. The van der Waals surface area contributed by atoms with E-state index in [1.54, 1.807) is 13.8 Å². The predicted molar refractivity (Wildman–Crippen MR) is 295 cm³/mol. The lowest BCUT2D eigenvalue weighted by Gasteiger charge is -2.46. The van der Waals surface area contributed by atoms with Crippen molar-refractivity contribution in [1.29, 1.82) is 0 Å². The molecule has 3 aromatic heterocycles. The summed E-state index contributed by atoms with van der Waals surface area (Å²) in [6.07, 6.45) is 0.656. The van der Waals surface area contributed by atoms with E-state index in [4.69, 9.17) is 45.0 Å². The summed E-state index contributed by atoms with van der Waals surface area (Å²) in [5, 5.41) is 20.2. The van der Waals surface area contributed by atoms with Gasteiger partial charge in [-0.3, -0.25) is 47.3 Å². The molecule has 444 valence electrons. The Morgan fingerprint density at radius 3 is 1.27 bits per heavy atom. The zero-order valence-corrected chi connectivity index (χ0v) is 48.3. The van der Waals surface area contributed by atoms with E-state index in [0.717, 1.165) is 11.2 Å². The van der Waals surface area contributed by atoms with Gasteiger partial charge in [0, 0.05) is 100 Å². The molecule has 0 saturated carbocycles. The van der Waals surface area contributed by atoms with Gasteiger partial charge in [0.05, 0.1) is 63.8 Å². The number of rotatable bonds is 21. The lowest BCUT2D eigenvalue weighted by Crippen LogP contribution is -2.44. The largest absolute Gasteiger partial charge is 0.778 e. The standard InChI is InChI=1S/C22H40N7O4P.C11H19BN5O8P2.C10H13N5O4/c1-13(2)28(14(3)4)34(29(15(5)6)16(7)8)32-12-19-18(25-26-23)10-20(33-19)27-11-17(9)21(30)24-22(27)31;1-6-4-17(11(19)14-10(6)18)9-3-7(15-16-13)8(24-9)5-23-27(12,22)25-26(2,20)21;1-5-3-15(10(18)12-9(5)17)8-2-6(13-14-11)7(4-16)19-8/h11,13-16,18-20H,10,12H2,1-9H3,(H,24,30,31);4,7-9H,3,5H2,1-2,12H3,(H,20,21)(H,14,18,19);3,6-8,16H,2,4H2,1H3,(H,12,17,18)/q;-1;/p-1/t18-,19-,20-;7-,8-,9-,27?;6-,7-,8-/m111/s1. The number of hydrogen-bond acceptors (Lipinski definition) is 21. The van der Waals surface area contributed by atoms with Crippen molar-refractivity contribution in [1.82, 2.24) is 38.0 Å². The Morgan fingerprint density at radius 1 is 0.662 bits per heavy atom. The van der Waals surface area contributed by atoms with Gasteiger partial charge in [-0.15, -0.1) is 0 Å². The number of aryl methyl sites for hydroxylation is 3. The van der Waals surface area contributed by atoms with Crippen LogP contribution in [0.5, 0.6) is 0 Å². The first kappa shape index (κ1) is 67.0. The molecule has 0 bridgehead atoms. The Bertz CT molecular complexity index is 3200. The van der Waals surface area contributed by atoms with E-state index in [9.17, 15) is 42.8 Å².